The van der Waals surface area contributed by atoms with Crippen LogP contribution in [-0.2, 0) is 0 Å². The molecule has 1 rings (SSSR count). The summed E-state index contributed by atoms with van der Waals surface area (Å²) in [4.78, 5) is 3.31. The molecular weight excluding hydrogens is 134 g/mol. The van der Waals surface area contributed by atoms with Crippen LogP contribution in [0.3, 0.4) is 0 Å². The Kier molecular flexibility index (Phi) is 2.53. The molecule has 0 atom stereocenters. The second-order valence-electron chi connectivity index (χ2n) is 2.72. The van der Waals surface area contributed by atoms with Gasteiger partial charge in [0, 0.05) is 11.0 Å². The van der Waals surface area contributed by atoms with Crippen LogP contribution in [0.5, 0.6) is 0 Å². The minimum Gasteiger partial charge on any atom is -0.359 e. The Labute approximate surface area is 67.5 Å². The molecule has 0 aromatic carbocycles. The average Bonchev–Trinajstić information content (AvgIpc) is 2.32. The van der Waals surface area contributed by atoms with Crippen molar-refractivity contribution in [1.82, 2.24) is 4.98 Å². The molecule has 1 heterocycles. The SMILES string of the molecule is C/C=c1/cc(C)[nH]/c1=C/CC. The molecule has 11 heavy (non-hydrogen) atoms. The summed E-state index contributed by atoms with van der Waals surface area (Å²) >= 11 is 0. The first kappa shape index (κ1) is 8.12. The van der Waals surface area contributed by atoms with Gasteiger partial charge in [0.2, 0.25) is 0 Å². The second kappa shape index (κ2) is 3.42. The van der Waals surface area contributed by atoms with E-state index in [2.05, 4.69) is 44.0 Å². The smallest absolute Gasteiger partial charge is 0.0412 e. The van der Waals surface area contributed by atoms with Gasteiger partial charge in [-0.25, -0.2) is 0 Å². The van der Waals surface area contributed by atoms with E-state index >= 15 is 0 Å². The van der Waals surface area contributed by atoms with Crippen molar-refractivity contribution >= 4 is 12.2 Å². The third kappa shape index (κ3) is 1.73. The van der Waals surface area contributed by atoms with Crippen molar-refractivity contribution in [2.75, 3.05) is 0 Å². The van der Waals surface area contributed by atoms with E-state index in [0.29, 0.717) is 0 Å². The summed E-state index contributed by atoms with van der Waals surface area (Å²) < 4.78 is 0. The number of hydrogen-bond donors (Lipinski definition) is 1. The van der Waals surface area contributed by atoms with Crippen LogP contribution in [0.15, 0.2) is 6.07 Å². The van der Waals surface area contributed by atoms with Gasteiger partial charge in [0.15, 0.2) is 0 Å². The third-order valence-corrected chi connectivity index (χ3v) is 1.73. The van der Waals surface area contributed by atoms with Crippen LogP contribution in [0, 0.1) is 6.92 Å². The Morgan fingerprint density at radius 3 is 2.82 bits per heavy atom. The lowest BCUT2D eigenvalue weighted by Gasteiger charge is -1.78. The molecule has 0 saturated carbocycles. The van der Waals surface area contributed by atoms with Crippen molar-refractivity contribution in [3.8, 4) is 0 Å². The quantitative estimate of drug-likeness (QED) is 0.619. The molecule has 0 fully saturated rings. The molecule has 0 saturated heterocycles. The summed E-state index contributed by atoms with van der Waals surface area (Å²) in [6.45, 7) is 6.30. The second-order valence-corrected chi connectivity index (χ2v) is 2.72. The topological polar surface area (TPSA) is 15.8 Å². The fourth-order valence-corrected chi connectivity index (χ4v) is 1.24. The maximum absolute atomic E-state index is 3.31. The van der Waals surface area contributed by atoms with Gasteiger partial charge in [-0.15, -0.1) is 0 Å². The fraction of sp³-hybridized carbons (Fsp3) is 0.400. The summed E-state index contributed by atoms with van der Waals surface area (Å²) in [6.07, 6.45) is 5.42. The van der Waals surface area contributed by atoms with Gasteiger partial charge < -0.3 is 4.98 Å². The lowest BCUT2D eigenvalue weighted by Crippen LogP contribution is -2.21. The zero-order valence-electron chi connectivity index (χ0n) is 7.44. The Bertz CT molecular complexity index is 330. The summed E-state index contributed by atoms with van der Waals surface area (Å²) in [7, 11) is 0. The van der Waals surface area contributed by atoms with E-state index in [1.807, 2.05) is 0 Å². The minimum atomic E-state index is 1.08. The highest BCUT2D eigenvalue weighted by Crippen LogP contribution is 1.80. The van der Waals surface area contributed by atoms with Crippen LogP contribution in [0.2, 0.25) is 0 Å². The Hall–Kier alpha value is -0.980. The van der Waals surface area contributed by atoms with E-state index in [-0.39, 0.29) is 0 Å². The first-order valence-corrected chi connectivity index (χ1v) is 4.10. The molecule has 60 valence electrons. The molecule has 0 aliphatic heterocycles. The molecule has 0 amide bonds. The molecule has 1 aromatic rings. The Morgan fingerprint density at radius 2 is 2.27 bits per heavy atom. The molecule has 0 bridgehead atoms. The van der Waals surface area contributed by atoms with Crippen molar-refractivity contribution < 1.29 is 0 Å². The molecule has 0 spiro atoms. The predicted molar refractivity (Wildman–Crippen MR) is 49.7 cm³/mol. The van der Waals surface area contributed by atoms with Crippen molar-refractivity contribution in [1.29, 1.82) is 0 Å². The van der Waals surface area contributed by atoms with Crippen molar-refractivity contribution in [3.63, 3.8) is 0 Å². The van der Waals surface area contributed by atoms with Gasteiger partial charge in [0.1, 0.15) is 0 Å². The van der Waals surface area contributed by atoms with Gasteiger partial charge in [-0.05, 0) is 31.6 Å². The molecule has 1 aromatic heterocycles. The first-order chi connectivity index (χ1) is 5.27. The molecule has 1 N–H and O–H groups in total. The largest absolute Gasteiger partial charge is 0.359 e. The van der Waals surface area contributed by atoms with Gasteiger partial charge in [0.25, 0.3) is 0 Å². The number of hydrogen-bond acceptors (Lipinski definition) is 0. The summed E-state index contributed by atoms with van der Waals surface area (Å²) in [6, 6.07) is 2.17. The minimum absolute atomic E-state index is 1.08. The molecule has 0 aliphatic rings. The summed E-state index contributed by atoms with van der Waals surface area (Å²) in [5, 5.41) is 2.57. The van der Waals surface area contributed by atoms with Crippen molar-refractivity contribution in [2.24, 2.45) is 0 Å². The number of aromatic nitrogens is 1. The van der Waals surface area contributed by atoms with Gasteiger partial charge >= 0.3 is 0 Å². The van der Waals surface area contributed by atoms with E-state index in [0.717, 1.165) is 6.42 Å². The molecule has 0 radical (unpaired) electrons. The fourth-order valence-electron chi connectivity index (χ4n) is 1.24. The summed E-state index contributed by atoms with van der Waals surface area (Å²) in [5.74, 6) is 0. The monoisotopic (exact) mass is 149 g/mol. The molecule has 1 nitrogen and oxygen atoms in total. The van der Waals surface area contributed by atoms with E-state index in [9.17, 15) is 0 Å². The average molecular weight is 149 g/mol. The first-order valence-electron chi connectivity index (χ1n) is 4.10. The lowest BCUT2D eigenvalue weighted by atomic mass is 10.3. The highest BCUT2D eigenvalue weighted by molar-refractivity contribution is 5.28. The summed E-state index contributed by atoms with van der Waals surface area (Å²) in [5.41, 5.74) is 1.23. The van der Waals surface area contributed by atoms with Gasteiger partial charge in [-0.3, -0.25) is 0 Å². The van der Waals surface area contributed by atoms with Crippen LogP contribution in [0.1, 0.15) is 26.0 Å². The Balaban J connectivity index is 3.36. The van der Waals surface area contributed by atoms with E-state index in [1.165, 1.54) is 16.3 Å². The maximum atomic E-state index is 3.31. The van der Waals surface area contributed by atoms with E-state index in [4.69, 9.17) is 0 Å². The number of rotatable bonds is 1. The van der Waals surface area contributed by atoms with Gasteiger partial charge in [-0.1, -0.05) is 19.1 Å². The van der Waals surface area contributed by atoms with E-state index < -0.39 is 0 Å². The molecule has 0 aliphatic carbocycles. The Morgan fingerprint density at radius 1 is 1.55 bits per heavy atom. The third-order valence-electron chi connectivity index (χ3n) is 1.73. The molecule has 0 unspecified atom stereocenters. The number of H-pyrrole nitrogens is 1. The number of aromatic amines is 1. The standard InChI is InChI=1S/C10H15N/c1-4-6-10-9(5-2)7-8(3)11-10/h5-7,11H,4H2,1-3H3/b9-5-,10-6+. The van der Waals surface area contributed by atoms with Crippen molar-refractivity contribution in [2.45, 2.75) is 27.2 Å². The lowest BCUT2D eigenvalue weighted by molar-refractivity contribution is 1.19. The van der Waals surface area contributed by atoms with Crippen LogP contribution in [0.4, 0.5) is 0 Å². The highest BCUT2D eigenvalue weighted by Gasteiger charge is 1.87. The van der Waals surface area contributed by atoms with Crippen LogP contribution >= 0.6 is 0 Å². The van der Waals surface area contributed by atoms with Crippen LogP contribution < -0.4 is 10.6 Å². The highest BCUT2D eigenvalue weighted by atomic mass is 14.7. The zero-order valence-corrected chi connectivity index (χ0v) is 7.44. The number of aryl methyl sites for hydroxylation is 1. The van der Waals surface area contributed by atoms with Crippen LogP contribution in [-0.4, -0.2) is 4.98 Å². The van der Waals surface area contributed by atoms with Crippen LogP contribution in [0.25, 0.3) is 12.2 Å². The number of nitrogens with one attached hydrogen (secondary N) is 1. The van der Waals surface area contributed by atoms with Crippen molar-refractivity contribution in [3.05, 3.63) is 22.3 Å². The maximum Gasteiger partial charge on any atom is 0.0412 e. The van der Waals surface area contributed by atoms with Gasteiger partial charge in [-0.2, -0.15) is 0 Å². The normalized spacial score (nSPS) is 14.5. The predicted octanol–water partition coefficient (Wildman–Crippen LogP) is 1.31. The van der Waals surface area contributed by atoms with E-state index in [1.54, 1.807) is 0 Å². The zero-order chi connectivity index (χ0) is 8.27. The molecular formula is C10H15N. The van der Waals surface area contributed by atoms with Gasteiger partial charge in [0.05, 0.1) is 0 Å². The molecule has 1 heteroatoms.